The zero-order valence-corrected chi connectivity index (χ0v) is 15.3. The van der Waals surface area contributed by atoms with E-state index in [0.717, 1.165) is 25.1 Å². The summed E-state index contributed by atoms with van der Waals surface area (Å²) in [5, 5.41) is 8.45. The summed E-state index contributed by atoms with van der Waals surface area (Å²) in [5.41, 5.74) is 4.81. The van der Waals surface area contributed by atoms with Crippen molar-refractivity contribution < 1.29 is 4.42 Å². The molecule has 0 N–H and O–H groups in total. The number of imidazole rings is 1. The molecule has 1 saturated carbocycles. The second-order valence-corrected chi connectivity index (χ2v) is 7.52. The van der Waals surface area contributed by atoms with Crippen LogP contribution in [-0.4, -0.2) is 31.2 Å². The second-order valence-electron chi connectivity index (χ2n) is 7.52. The lowest BCUT2D eigenvalue weighted by Gasteiger charge is -2.25. The van der Waals surface area contributed by atoms with Gasteiger partial charge in [0.05, 0.1) is 12.2 Å². The van der Waals surface area contributed by atoms with Crippen molar-refractivity contribution in [1.29, 1.82) is 0 Å². The van der Waals surface area contributed by atoms with Crippen LogP contribution in [0.4, 0.5) is 0 Å². The van der Waals surface area contributed by atoms with Gasteiger partial charge in [0.25, 0.3) is 0 Å². The van der Waals surface area contributed by atoms with Gasteiger partial charge in [0.15, 0.2) is 0 Å². The molecule has 2 aliphatic rings. The topological polar surface area (TPSA) is 60.0 Å². The molecule has 134 valence electrons. The van der Waals surface area contributed by atoms with Crippen LogP contribution in [0.2, 0.25) is 0 Å². The lowest BCUT2D eigenvalue weighted by atomic mass is 10.1. The van der Waals surface area contributed by atoms with E-state index in [4.69, 9.17) is 9.40 Å². The number of hydrogen-bond donors (Lipinski definition) is 0. The minimum absolute atomic E-state index is 0.589. The zero-order valence-electron chi connectivity index (χ0n) is 15.3. The first-order chi connectivity index (χ1) is 12.7. The minimum Gasteiger partial charge on any atom is -0.419 e. The molecule has 0 spiro atoms. The van der Waals surface area contributed by atoms with Gasteiger partial charge in [-0.25, -0.2) is 4.98 Å². The van der Waals surface area contributed by atoms with E-state index in [1.165, 1.54) is 35.6 Å². The van der Waals surface area contributed by atoms with Crippen LogP contribution in [-0.2, 0) is 26.6 Å². The summed E-state index contributed by atoms with van der Waals surface area (Å²) in [7, 11) is 2.17. The fraction of sp³-hybridized carbons (Fsp3) is 0.450. The first kappa shape index (κ1) is 15.8. The quantitative estimate of drug-likeness (QED) is 0.724. The van der Waals surface area contributed by atoms with Crippen LogP contribution in [0.15, 0.2) is 28.7 Å². The first-order valence-corrected chi connectivity index (χ1v) is 9.33. The molecule has 5 rings (SSSR count). The highest BCUT2D eigenvalue weighted by atomic mass is 16.4. The maximum atomic E-state index is 5.89. The standard InChI is InChI=1S/C20H23N5O/c1-13-3-5-15(6-4-13)20-23-22-18(26-20)12-25-10-9-17-16(11-25)21-19(24(17)2)14-7-8-14/h3-6,14H,7-12H2,1-2H3. The molecule has 2 aromatic heterocycles. The Morgan fingerprint density at radius 1 is 1.15 bits per heavy atom. The molecule has 0 saturated heterocycles. The number of benzene rings is 1. The van der Waals surface area contributed by atoms with Gasteiger partial charge in [-0.3, -0.25) is 4.90 Å². The first-order valence-electron chi connectivity index (χ1n) is 9.33. The van der Waals surface area contributed by atoms with E-state index in [1.54, 1.807) is 0 Å². The van der Waals surface area contributed by atoms with Crippen molar-refractivity contribution in [2.75, 3.05) is 6.54 Å². The molecule has 6 nitrogen and oxygen atoms in total. The second kappa shape index (κ2) is 6.06. The van der Waals surface area contributed by atoms with E-state index in [-0.39, 0.29) is 0 Å². The molecule has 0 unspecified atom stereocenters. The van der Waals surface area contributed by atoms with Crippen LogP contribution in [0.3, 0.4) is 0 Å². The van der Waals surface area contributed by atoms with Gasteiger partial charge in [-0.05, 0) is 31.9 Å². The highest BCUT2D eigenvalue weighted by Gasteiger charge is 2.32. The zero-order chi connectivity index (χ0) is 17.7. The average Bonchev–Trinajstić information content (AvgIpc) is 3.30. The Morgan fingerprint density at radius 2 is 1.96 bits per heavy atom. The van der Waals surface area contributed by atoms with Crippen LogP contribution in [0, 0.1) is 6.92 Å². The smallest absolute Gasteiger partial charge is 0.247 e. The molecular formula is C20H23N5O. The van der Waals surface area contributed by atoms with Gasteiger partial charge in [-0.15, -0.1) is 10.2 Å². The van der Waals surface area contributed by atoms with Crippen LogP contribution in [0.25, 0.3) is 11.5 Å². The highest BCUT2D eigenvalue weighted by molar-refractivity contribution is 5.52. The minimum atomic E-state index is 0.589. The van der Waals surface area contributed by atoms with Gasteiger partial charge in [0.1, 0.15) is 5.82 Å². The normalized spacial score (nSPS) is 17.5. The van der Waals surface area contributed by atoms with Gasteiger partial charge >= 0.3 is 0 Å². The number of fused-ring (bicyclic) bond motifs is 1. The molecule has 3 heterocycles. The number of aryl methyl sites for hydroxylation is 1. The lowest BCUT2D eigenvalue weighted by Crippen LogP contribution is -2.30. The highest BCUT2D eigenvalue weighted by Crippen LogP contribution is 2.40. The number of hydrogen-bond acceptors (Lipinski definition) is 5. The third kappa shape index (κ3) is 2.84. The van der Waals surface area contributed by atoms with Crippen molar-refractivity contribution in [3.8, 4) is 11.5 Å². The van der Waals surface area contributed by atoms with Crippen molar-refractivity contribution in [1.82, 2.24) is 24.6 Å². The number of nitrogens with zero attached hydrogens (tertiary/aromatic N) is 5. The Morgan fingerprint density at radius 3 is 2.73 bits per heavy atom. The van der Waals surface area contributed by atoms with Crippen LogP contribution < -0.4 is 0 Å². The summed E-state index contributed by atoms with van der Waals surface area (Å²) in [6.07, 6.45) is 3.61. The molecule has 1 aliphatic heterocycles. The Hall–Kier alpha value is -2.47. The Balaban J connectivity index is 1.30. The van der Waals surface area contributed by atoms with E-state index < -0.39 is 0 Å². The number of aromatic nitrogens is 4. The molecule has 1 aliphatic carbocycles. The average molecular weight is 349 g/mol. The third-order valence-electron chi connectivity index (χ3n) is 5.44. The lowest BCUT2D eigenvalue weighted by molar-refractivity contribution is 0.217. The van der Waals surface area contributed by atoms with Crippen molar-refractivity contribution in [2.24, 2.45) is 7.05 Å². The molecule has 0 radical (unpaired) electrons. The van der Waals surface area contributed by atoms with E-state index in [2.05, 4.69) is 45.8 Å². The summed E-state index contributed by atoms with van der Waals surface area (Å²) in [6, 6.07) is 8.16. The Labute approximate surface area is 152 Å². The molecular weight excluding hydrogens is 326 g/mol. The van der Waals surface area contributed by atoms with Crippen LogP contribution >= 0.6 is 0 Å². The third-order valence-corrected chi connectivity index (χ3v) is 5.44. The molecule has 0 atom stereocenters. The fourth-order valence-electron chi connectivity index (χ4n) is 3.77. The van der Waals surface area contributed by atoms with Gasteiger partial charge in [-0.2, -0.15) is 0 Å². The predicted molar refractivity (Wildman–Crippen MR) is 97.5 cm³/mol. The molecule has 1 aromatic carbocycles. The number of rotatable bonds is 4. The largest absolute Gasteiger partial charge is 0.419 e. The molecule has 0 amide bonds. The predicted octanol–water partition coefficient (Wildman–Crippen LogP) is 3.21. The van der Waals surface area contributed by atoms with Crippen LogP contribution in [0.5, 0.6) is 0 Å². The molecule has 0 bridgehead atoms. The Bertz CT molecular complexity index is 936. The molecule has 3 aromatic rings. The van der Waals surface area contributed by atoms with Gasteiger partial charge in [-0.1, -0.05) is 17.7 Å². The summed E-state index contributed by atoms with van der Waals surface area (Å²) >= 11 is 0. The summed E-state index contributed by atoms with van der Waals surface area (Å²) in [5.74, 6) is 3.22. The van der Waals surface area contributed by atoms with Gasteiger partial charge in [0.2, 0.25) is 11.8 Å². The van der Waals surface area contributed by atoms with Crippen molar-refractivity contribution >= 4 is 0 Å². The summed E-state index contributed by atoms with van der Waals surface area (Å²) in [6.45, 7) is 4.60. The molecule has 26 heavy (non-hydrogen) atoms. The Kier molecular flexibility index (Phi) is 3.67. The van der Waals surface area contributed by atoms with E-state index in [0.29, 0.717) is 24.2 Å². The van der Waals surface area contributed by atoms with Crippen molar-refractivity contribution in [3.63, 3.8) is 0 Å². The van der Waals surface area contributed by atoms with Gasteiger partial charge in [0, 0.05) is 43.7 Å². The van der Waals surface area contributed by atoms with Crippen molar-refractivity contribution in [3.05, 3.63) is 52.9 Å². The van der Waals surface area contributed by atoms with E-state index >= 15 is 0 Å². The van der Waals surface area contributed by atoms with Crippen LogP contribution in [0.1, 0.15) is 47.4 Å². The van der Waals surface area contributed by atoms with Crippen molar-refractivity contribution in [2.45, 2.75) is 45.2 Å². The van der Waals surface area contributed by atoms with Gasteiger partial charge < -0.3 is 8.98 Å². The fourth-order valence-corrected chi connectivity index (χ4v) is 3.77. The SMILES string of the molecule is Cc1ccc(-c2nnc(CN3CCc4c(nc(C5CC5)n4C)C3)o2)cc1. The summed E-state index contributed by atoms with van der Waals surface area (Å²) < 4.78 is 8.21. The van der Waals surface area contributed by atoms with E-state index in [1.807, 2.05) is 12.1 Å². The molecule has 6 heteroatoms. The van der Waals surface area contributed by atoms with E-state index in [9.17, 15) is 0 Å². The summed E-state index contributed by atoms with van der Waals surface area (Å²) in [4.78, 5) is 7.27. The molecule has 1 fully saturated rings. The monoisotopic (exact) mass is 349 g/mol. The maximum Gasteiger partial charge on any atom is 0.247 e. The maximum absolute atomic E-state index is 5.89.